The second kappa shape index (κ2) is 10.2. The van der Waals surface area contributed by atoms with Gasteiger partial charge in [0.05, 0.1) is 16.8 Å². The van der Waals surface area contributed by atoms with Gasteiger partial charge in [0, 0.05) is 18.0 Å². The Bertz CT molecular complexity index is 1260. The number of aromatic carboxylic acids is 1. The van der Waals surface area contributed by atoms with E-state index in [1.807, 2.05) is 30.3 Å². The van der Waals surface area contributed by atoms with E-state index in [1.54, 1.807) is 30.6 Å². The first-order valence-electron chi connectivity index (χ1n) is 9.35. The van der Waals surface area contributed by atoms with E-state index in [9.17, 15) is 19.8 Å². The number of amides is 1. The number of aromatic hydroxyl groups is 1. The molecular formula is C24H18N3NaO4. The fourth-order valence-corrected chi connectivity index (χ4v) is 3.19. The van der Waals surface area contributed by atoms with Crippen LogP contribution in [0, 0.1) is 0 Å². The molecule has 4 aromatic rings. The summed E-state index contributed by atoms with van der Waals surface area (Å²) in [6.07, 6.45) is 4.58. The van der Waals surface area contributed by atoms with Gasteiger partial charge in [-0.05, 0) is 41.0 Å². The Kier molecular flexibility index (Phi) is 7.37. The third-order valence-corrected chi connectivity index (χ3v) is 4.74. The second-order valence-corrected chi connectivity index (χ2v) is 6.74. The number of benzene rings is 3. The van der Waals surface area contributed by atoms with Crippen LogP contribution in [0.15, 0.2) is 85.5 Å². The number of carbonyl (C=O) groups excluding carboxylic acids is 1. The molecule has 0 bridgehead atoms. The Morgan fingerprint density at radius 1 is 0.750 bits per heavy atom. The van der Waals surface area contributed by atoms with E-state index < -0.39 is 11.9 Å². The van der Waals surface area contributed by atoms with E-state index in [-0.39, 0.29) is 52.1 Å². The molecule has 0 atom stereocenters. The molecule has 1 amide bonds. The van der Waals surface area contributed by atoms with Gasteiger partial charge < -0.3 is 15.5 Å². The maximum atomic E-state index is 12.8. The molecular weight excluding hydrogens is 417 g/mol. The van der Waals surface area contributed by atoms with Crippen molar-refractivity contribution >= 4 is 47.1 Å². The van der Waals surface area contributed by atoms with Crippen LogP contribution in [0.1, 0.15) is 20.7 Å². The van der Waals surface area contributed by atoms with E-state index in [4.69, 9.17) is 0 Å². The Balaban J connectivity index is 0.00000289. The van der Waals surface area contributed by atoms with Gasteiger partial charge in [0.25, 0.3) is 5.91 Å². The molecule has 0 aliphatic carbocycles. The van der Waals surface area contributed by atoms with Gasteiger partial charge in [-0.25, -0.2) is 14.8 Å². The number of carboxylic acids is 1. The monoisotopic (exact) mass is 435 g/mol. The van der Waals surface area contributed by atoms with Gasteiger partial charge in [0.15, 0.2) is 0 Å². The average Bonchev–Trinajstić information content (AvgIpc) is 2.80. The fourth-order valence-electron chi connectivity index (χ4n) is 3.19. The number of hydrogen-bond donors (Lipinski definition) is 3. The van der Waals surface area contributed by atoms with E-state index in [0.717, 1.165) is 11.1 Å². The average molecular weight is 435 g/mol. The van der Waals surface area contributed by atoms with Gasteiger partial charge in [-0.15, -0.1) is 0 Å². The molecule has 1 heterocycles. The molecule has 7 nitrogen and oxygen atoms in total. The van der Waals surface area contributed by atoms with Crippen molar-refractivity contribution < 1.29 is 19.8 Å². The molecule has 0 spiro atoms. The number of anilines is 1. The number of phenolic OH excluding ortho intramolecular Hbond substituents is 1. The molecule has 8 heteroatoms. The summed E-state index contributed by atoms with van der Waals surface area (Å²) < 4.78 is 0. The van der Waals surface area contributed by atoms with Crippen LogP contribution in [-0.4, -0.2) is 61.6 Å². The molecule has 1 aromatic heterocycles. The Morgan fingerprint density at radius 3 is 2.00 bits per heavy atom. The SMILES string of the molecule is O=C(Nc1cc(-c2ccccc2)ccc1C(=O)O)c1ccc(-c2cncnc2)cc1O.[NaH]. The van der Waals surface area contributed by atoms with Gasteiger partial charge >= 0.3 is 35.5 Å². The van der Waals surface area contributed by atoms with Gasteiger partial charge in [-0.2, -0.15) is 0 Å². The first-order valence-corrected chi connectivity index (χ1v) is 9.35. The Labute approximate surface area is 206 Å². The summed E-state index contributed by atoms with van der Waals surface area (Å²) in [6.45, 7) is 0. The minimum absolute atomic E-state index is 0. The molecule has 3 aromatic carbocycles. The fraction of sp³-hybridized carbons (Fsp3) is 0. The Hall–Kier alpha value is -3.52. The summed E-state index contributed by atoms with van der Waals surface area (Å²) in [5, 5.41) is 22.5. The molecule has 0 aliphatic rings. The first-order chi connectivity index (χ1) is 15.0. The number of carbonyl (C=O) groups is 2. The summed E-state index contributed by atoms with van der Waals surface area (Å²) in [5.74, 6) is -2.03. The van der Waals surface area contributed by atoms with Crippen molar-refractivity contribution in [1.82, 2.24) is 9.97 Å². The zero-order chi connectivity index (χ0) is 21.8. The standard InChI is InChI=1S/C24H17N3O4.Na.H/c28-22-11-17(18-12-25-14-26-13-18)7-9-20(22)23(29)27-21-10-16(6-8-19(21)24(30)31)15-4-2-1-3-5-15;;/h1-14,28H,(H,27,29)(H,30,31);;. The molecule has 0 saturated carbocycles. The predicted molar refractivity (Wildman–Crippen MR) is 123 cm³/mol. The molecule has 3 N–H and O–H groups in total. The zero-order valence-corrected chi connectivity index (χ0v) is 16.2. The molecule has 0 fully saturated rings. The summed E-state index contributed by atoms with van der Waals surface area (Å²) >= 11 is 0. The zero-order valence-electron chi connectivity index (χ0n) is 16.2. The van der Waals surface area contributed by atoms with Crippen LogP contribution in [0.4, 0.5) is 5.69 Å². The third-order valence-electron chi connectivity index (χ3n) is 4.74. The number of nitrogens with zero attached hydrogens (tertiary/aromatic N) is 2. The summed E-state index contributed by atoms with van der Waals surface area (Å²) in [5.41, 5.74) is 3.07. The van der Waals surface area contributed by atoms with Crippen LogP contribution in [-0.2, 0) is 0 Å². The van der Waals surface area contributed by atoms with Gasteiger partial charge in [0.2, 0.25) is 0 Å². The second-order valence-electron chi connectivity index (χ2n) is 6.74. The quantitative estimate of drug-likeness (QED) is 0.411. The van der Waals surface area contributed by atoms with Gasteiger partial charge in [0.1, 0.15) is 12.1 Å². The molecule has 154 valence electrons. The van der Waals surface area contributed by atoms with Crippen molar-refractivity contribution in [2.75, 3.05) is 5.32 Å². The summed E-state index contributed by atoms with van der Waals surface area (Å²) in [6, 6.07) is 18.7. The molecule has 0 saturated heterocycles. The van der Waals surface area contributed by atoms with Crippen LogP contribution >= 0.6 is 0 Å². The molecule has 32 heavy (non-hydrogen) atoms. The van der Waals surface area contributed by atoms with Gasteiger partial charge in [-0.1, -0.05) is 42.5 Å². The van der Waals surface area contributed by atoms with Crippen LogP contribution in [0.5, 0.6) is 5.75 Å². The van der Waals surface area contributed by atoms with Crippen molar-refractivity contribution in [3.05, 3.63) is 96.6 Å². The van der Waals surface area contributed by atoms with E-state index in [1.165, 1.54) is 24.5 Å². The van der Waals surface area contributed by atoms with Crippen molar-refractivity contribution in [3.63, 3.8) is 0 Å². The number of phenols is 1. The van der Waals surface area contributed by atoms with Crippen molar-refractivity contribution in [1.29, 1.82) is 0 Å². The van der Waals surface area contributed by atoms with Crippen LogP contribution in [0.25, 0.3) is 22.3 Å². The van der Waals surface area contributed by atoms with Crippen molar-refractivity contribution in [2.24, 2.45) is 0 Å². The first kappa shape index (κ1) is 23.1. The molecule has 0 unspecified atom stereocenters. The number of nitrogens with one attached hydrogen (secondary N) is 1. The number of hydrogen-bond acceptors (Lipinski definition) is 5. The number of rotatable bonds is 5. The number of aromatic nitrogens is 2. The predicted octanol–water partition coefficient (Wildman–Crippen LogP) is 3.82. The topological polar surface area (TPSA) is 112 Å². The molecule has 0 aliphatic heterocycles. The normalized spacial score (nSPS) is 10.1. The summed E-state index contributed by atoms with van der Waals surface area (Å²) in [7, 11) is 0. The third kappa shape index (κ3) is 5.03. The van der Waals surface area contributed by atoms with E-state index >= 15 is 0 Å². The van der Waals surface area contributed by atoms with E-state index in [0.29, 0.717) is 11.1 Å². The van der Waals surface area contributed by atoms with Gasteiger partial charge in [-0.3, -0.25) is 4.79 Å². The maximum absolute atomic E-state index is 12.8. The summed E-state index contributed by atoms with van der Waals surface area (Å²) in [4.78, 5) is 32.3. The molecule has 4 rings (SSSR count). The van der Waals surface area contributed by atoms with Crippen LogP contribution < -0.4 is 5.32 Å². The number of carboxylic acid groups (broad SMARTS) is 1. The van der Waals surface area contributed by atoms with E-state index in [2.05, 4.69) is 15.3 Å². The molecule has 0 radical (unpaired) electrons. The minimum atomic E-state index is -1.17. The van der Waals surface area contributed by atoms with Crippen molar-refractivity contribution in [2.45, 2.75) is 0 Å². The van der Waals surface area contributed by atoms with Crippen molar-refractivity contribution in [3.8, 4) is 28.0 Å². The Morgan fingerprint density at radius 2 is 1.38 bits per heavy atom. The van der Waals surface area contributed by atoms with Crippen LogP contribution in [0.3, 0.4) is 0 Å². The van der Waals surface area contributed by atoms with Crippen LogP contribution in [0.2, 0.25) is 0 Å².